The van der Waals surface area contributed by atoms with Gasteiger partial charge in [-0.1, -0.05) is 30.3 Å². The number of nitrogens with one attached hydrogen (secondary N) is 4. The molecule has 0 fully saturated rings. The highest BCUT2D eigenvalue weighted by Crippen LogP contribution is 2.16. The second-order valence-corrected chi connectivity index (χ2v) is 6.46. The Labute approximate surface area is 159 Å². The zero-order valence-corrected chi connectivity index (χ0v) is 14.9. The summed E-state index contributed by atoms with van der Waals surface area (Å²) in [5.41, 5.74) is 2.13. The van der Waals surface area contributed by atoms with Crippen molar-refractivity contribution in [2.24, 2.45) is 0 Å². The quantitative estimate of drug-likeness (QED) is 0.431. The van der Waals surface area contributed by atoms with Crippen molar-refractivity contribution in [2.45, 2.75) is 6.42 Å². The molecule has 4 N–H and O–H groups in total. The summed E-state index contributed by atoms with van der Waals surface area (Å²) in [5, 5.41) is 7.58. The van der Waals surface area contributed by atoms with E-state index >= 15 is 0 Å². The molecule has 0 aliphatic rings. The van der Waals surface area contributed by atoms with E-state index in [2.05, 4.69) is 20.6 Å². The number of aromatic amines is 2. The van der Waals surface area contributed by atoms with E-state index in [4.69, 9.17) is 0 Å². The normalized spacial score (nSPS) is 10.9. The van der Waals surface area contributed by atoms with Crippen LogP contribution in [0.3, 0.4) is 0 Å². The van der Waals surface area contributed by atoms with Gasteiger partial charge < -0.3 is 20.6 Å². The number of H-pyrrole nitrogens is 2. The fourth-order valence-corrected chi connectivity index (χ4v) is 3.06. The molecule has 4 aromatic rings. The van der Waals surface area contributed by atoms with Crippen molar-refractivity contribution in [2.75, 3.05) is 11.9 Å². The fraction of sp³-hybridized carbons (Fsp3) is 0.0952. The maximum absolute atomic E-state index is 12.3. The highest BCUT2D eigenvalue weighted by atomic mass is 16.2. The number of imidazole rings is 1. The molecular formula is C21H18N4O3. The molecule has 4 rings (SSSR count). The van der Waals surface area contributed by atoms with E-state index < -0.39 is 0 Å². The monoisotopic (exact) mass is 374 g/mol. The average Bonchev–Trinajstić information content (AvgIpc) is 3.06. The van der Waals surface area contributed by atoms with Crippen molar-refractivity contribution in [3.63, 3.8) is 0 Å². The Balaban J connectivity index is 1.32. The number of hydrogen-bond acceptors (Lipinski definition) is 3. The summed E-state index contributed by atoms with van der Waals surface area (Å²) in [5.74, 6) is -0.444. The standard InChI is InChI=1S/C21H18N4O3/c26-19(23-16-7-8-17-18(12-16)25-21(28)24-17)9-10-22-20(27)15-6-5-13-3-1-2-4-14(13)11-15/h1-8,11-12H,9-10H2,(H,22,27)(H,23,26)(H2,24,25,28). The molecule has 0 bridgehead atoms. The van der Waals surface area contributed by atoms with E-state index in [0.717, 1.165) is 10.8 Å². The van der Waals surface area contributed by atoms with Gasteiger partial charge in [0.05, 0.1) is 11.0 Å². The number of carbonyl (C=O) groups excluding carboxylic acids is 2. The van der Waals surface area contributed by atoms with Crippen molar-refractivity contribution in [3.8, 4) is 0 Å². The molecular weight excluding hydrogens is 356 g/mol. The largest absolute Gasteiger partial charge is 0.352 e. The third kappa shape index (κ3) is 3.78. The van der Waals surface area contributed by atoms with Crippen molar-refractivity contribution in [1.29, 1.82) is 0 Å². The van der Waals surface area contributed by atoms with Crippen LogP contribution in [0.4, 0.5) is 5.69 Å². The molecule has 0 saturated heterocycles. The number of rotatable bonds is 5. The maximum Gasteiger partial charge on any atom is 0.323 e. The Morgan fingerprint density at radius 1 is 0.857 bits per heavy atom. The Morgan fingerprint density at radius 3 is 2.50 bits per heavy atom. The molecule has 7 heteroatoms. The number of anilines is 1. The van der Waals surface area contributed by atoms with Gasteiger partial charge in [-0.15, -0.1) is 0 Å². The van der Waals surface area contributed by atoms with Crippen LogP contribution in [0, 0.1) is 0 Å². The SMILES string of the molecule is O=C(CCNC(=O)c1ccc2ccccc2c1)Nc1ccc2[nH]c(=O)[nH]c2c1. The molecule has 28 heavy (non-hydrogen) atoms. The Bertz CT molecular complexity index is 1240. The fourth-order valence-electron chi connectivity index (χ4n) is 3.06. The molecule has 0 atom stereocenters. The minimum Gasteiger partial charge on any atom is -0.352 e. The first-order chi connectivity index (χ1) is 13.6. The van der Waals surface area contributed by atoms with Gasteiger partial charge in [0.25, 0.3) is 5.91 Å². The third-order valence-electron chi connectivity index (χ3n) is 4.45. The van der Waals surface area contributed by atoms with Gasteiger partial charge in [-0.2, -0.15) is 0 Å². The third-order valence-corrected chi connectivity index (χ3v) is 4.45. The van der Waals surface area contributed by atoms with Gasteiger partial charge in [-0.25, -0.2) is 4.79 Å². The van der Waals surface area contributed by atoms with Crippen LogP contribution in [0.25, 0.3) is 21.8 Å². The summed E-state index contributed by atoms with van der Waals surface area (Å²) < 4.78 is 0. The summed E-state index contributed by atoms with van der Waals surface area (Å²) in [4.78, 5) is 41.0. The molecule has 2 amide bonds. The predicted molar refractivity (Wildman–Crippen MR) is 108 cm³/mol. The van der Waals surface area contributed by atoms with Gasteiger partial charge >= 0.3 is 5.69 Å². The lowest BCUT2D eigenvalue weighted by molar-refractivity contribution is -0.116. The molecule has 0 unspecified atom stereocenters. The minimum absolute atomic E-state index is 0.140. The van der Waals surface area contributed by atoms with Crippen LogP contribution >= 0.6 is 0 Å². The van der Waals surface area contributed by atoms with E-state index in [9.17, 15) is 14.4 Å². The number of hydrogen-bond donors (Lipinski definition) is 4. The molecule has 0 saturated carbocycles. The van der Waals surface area contributed by atoms with Gasteiger partial charge in [0.2, 0.25) is 5.91 Å². The average molecular weight is 374 g/mol. The van der Waals surface area contributed by atoms with E-state index in [1.165, 1.54) is 0 Å². The summed E-state index contributed by atoms with van der Waals surface area (Å²) in [6, 6.07) is 18.4. The predicted octanol–water partition coefficient (Wildman–Crippen LogP) is 2.77. The van der Waals surface area contributed by atoms with Gasteiger partial charge in [-0.05, 0) is 41.1 Å². The molecule has 0 spiro atoms. The second kappa shape index (κ2) is 7.40. The van der Waals surface area contributed by atoms with Crippen LogP contribution in [0.2, 0.25) is 0 Å². The molecule has 7 nitrogen and oxygen atoms in total. The second-order valence-electron chi connectivity index (χ2n) is 6.46. The first kappa shape index (κ1) is 17.5. The van der Waals surface area contributed by atoms with Gasteiger partial charge in [0, 0.05) is 24.2 Å². The Kier molecular flexibility index (Phi) is 4.63. The van der Waals surface area contributed by atoms with Gasteiger partial charge in [0.15, 0.2) is 0 Å². The number of benzene rings is 3. The van der Waals surface area contributed by atoms with Crippen LogP contribution in [0.5, 0.6) is 0 Å². The van der Waals surface area contributed by atoms with E-state index in [1.54, 1.807) is 24.3 Å². The number of fused-ring (bicyclic) bond motifs is 2. The molecule has 0 radical (unpaired) electrons. The minimum atomic E-state index is -0.296. The summed E-state index contributed by atoms with van der Waals surface area (Å²) in [6.07, 6.45) is 0.140. The lowest BCUT2D eigenvalue weighted by Crippen LogP contribution is -2.27. The molecule has 1 aromatic heterocycles. The summed E-state index contributed by atoms with van der Waals surface area (Å²) in [6.45, 7) is 0.223. The number of amides is 2. The zero-order valence-electron chi connectivity index (χ0n) is 14.9. The number of aromatic nitrogens is 2. The molecule has 0 aliphatic heterocycles. The maximum atomic E-state index is 12.3. The van der Waals surface area contributed by atoms with Crippen molar-refractivity contribution < 1.29 is 9.59 Å². The first-order valence-corrected chi connectivity index (χ1v) is 8.87. The first-order valence-electron chi connectivity index (χ1n) is 8.87. The van der Waals surface area contributed by atoms with Crippen LogP contribution in [-0.4, -0.2) is 28.3 Å². The Hall–Kier alpha value is -3.87. The van der Waals surface area contributed by atoms with E-state index in [1.807, 2.05) is 36.4 Å². The summed E-state index contributed by atoms with van der Waals surface area (Å²) >= 11 is 0. The molecule has 1 heterocycles. The highest BCUT2D eigenvalue weighted by molar-refractivity contribution is 5.99. The van der Waals surface area contributed by atoms with Crippen LogP contribution in [-0.2, 0) is 4.79 Å². The highest BCUT2D eigenvalue weighted by Gasteiger charge is 2.08. The summed E-state index contributed by atoms with van der Waals surface area (Å²) in [7, 11) is 0. The number of carbonyl (C=O) groups is 2. The zero-order chi connectivity index (χ0) is 19.5. The van der Waals surface area contributed by atoms with Crippen molar-refractivity contribution in [1.82, 2.24) is 15.3 Å². The van der Waals surface area contributed by atoms with E-state index in [-0.39, 0.29) is 30.5 Å². The Morgan fingerprint density at radius 2 is 1.64 bits per heavy atom. The van der Waals surface area contributed by atoms with Crippen LogP contribution < -0.4 is 16.3 Å². The topological polar surface area (TPSA) is 107 Å². The van der Waals surface area contributed by atoms with Crippen molar-refractivity contribution >= 4 is 39.3 Å². The van der Waals surface area contributed by atoms with Gasteiger partial charge in [0.1, 0.15) is 0 Å². The molecule has 140 valence electrons. The lowest BCUT2D eigenvalue weighted by Gasteiger charge is -2.08. The molecule has 3 aromatic carbocycles. The van der Waals surface area contributed by atoms with Gasteiger partial charge in [-0.3, -0.25) is 9.59 Å². The lowest BCUT2D eigenvalue weighted by atomic mass is 10.1. The van der Waals surface area contributed by atoms with Crippen LogP contribution in [0.15, 0.2) is 65.5 Å². The molecule has 0 aliphatic carbocycles. The van der Waals surface area contributed by atoms with Crippen molar-refractivity contribution in [3.05, 3.63) is 76.7 Å². The van der Waals surface area contributed by atoms with Crippen LogP contribution in [0.1, 0.15) is 16.8 Å². The van der Waals surface area contributed by atoms with E-state index in [0.29, 0.717) is 22.3 Å². The smallest absolute Gasteiger partial charge is 0.323 e.